The average Bonchev–Trinajstić information content (AvgIpc) is 2.94. The van der Waals surface area contributed by atoms with Gasteiger partial charge in [-0.3, -0.25) is 14.0 Å². The fraction of sp³-hybridized carbons (Fsp3) is 0.471. The van der Waals surface area contributed by atoms with Crippen molar-refractivity contribution in [3.63, 3.8) is 0 Å². The zero-order valence-electron chi connectivity index (χ0n) is 14.5. The molecule has 0 atom stereocenters. The molecule has 0 aliphatic carbocycles. The molecule has 0 radical (unpaired) electrons. The predicted octanol–water partition coefficient (Wildman–Crippen LogP) is 1.16. The third-order valence-corrected chi connectivity index (χ3v) is 3.63. The van der Waals surface area contributed by atoms with Gasteiger partial charge in [0, 0.05) is 25.8 Å². The van der Waals surface area contributed by atoms with Gasteiger partial charge < -0.3 is 15.5 Å². The molecule has 0 aromatic carbocycles. The van der Waals surface area contributed by atoms with Gasteiger partial charge in [0.15, 0.2) is 5.69 Å². The Kier molecular flexibility index (Phi) is 6.31. The van der Waals surface area contributed by atoms with Gasteiger partial charge in [0.2, 0.25) is 5.82 Å². The molecule has 2 rings (SSSR count). The van der Waals surface area contributed by atoms with Crippen LogP contribution in [0.15, 0.2) is 24.4 Å². The van der Waals surface area contributed by atoms with Crippen LogP contribution in [-0.2, 0) is 0 Å². The predicted molar refractivity (Wildman–Crippen MR) is 93.3 cm³/mol. The summed E-state index contributed by atoms with van der Waals surface area (Å²) in [5, 5.41) is 5.68. The van der Waals surface area contributed by atoms with E-state index >= 15 is 0 Å². The number of hydrogen-bond donors (Lipinski definition) is 2. The maximum Gasteiger partial charge on any atom is 0.287 e. The van der Waals surface area contributed by atoms with Crippen molar-refractivity contribution in [2.75, 3.05) is 33.7 Å². The lowest BCUT2D eigenvalue weighted by molar-refractivity contribution is 0.0940. The normalized spacial score (nSPS) is 11.0. The van der Waals surface area contributed by atoms with Crippen LogP contribution in [0, 0.1) is 0 Å². The number of likely N-dealkylation sites (N-methyl/N-ethyl adjacent to an activating group) is 1. The lowest BCUT2D eigenvalue weighted by Crippen LogP contribution is -2.32. The van der Waals surface area contributed by atoms with Crippen LogP contribution in [0.2, 0.25) is 0 Å². The van der Waals surface area contributed by atoms with Gasteiger partial charge in [-0.1, -0.05) is 19.4 Å². The molecule has 130 valence electrons. The van der Waals surface area contributed by atoms with E-state index < -0.39 is 0 Å². The molecule has 0 saturated heterocycles. The Bertz CT molecular complexity index is 708. The van der Waals surface area contributed by atoms with Crippen LogP contribution in [0.5, 0.6) is 0 Å². The van der Waals surface area contributed by atoms with Crippen LogP contribution in [0.25, 0.3) is 5.52 Å². The van der Waals surface area contributed by atoms with Crippen molar-refractivity contribution in [2.24, 2.45) is 0 Å². The fourth-order valence-corrected chi connectivity index (χ4v) is 2.30. The highest BCUT2D eigenvalue weighted by molar-refractivity contribution is 6.02. The van der Waals surface area contributed by atoms with Crippen molar-refractivity contribution in [1.29, 1.82) is 0 Å². The highest BCUT2D eigenvalue weighted by Crippen LogP contribution is 2.13. The number of carbonyl (C=O) groups excluding carboxylic acids is 2. The number of pyridine rings is 1. The summed E-state index contributed by atoms with van der Waals surface area (Å²) in [6.07, 6.45) is 3.66. The number of imidazole rings is 1. The Labute approximate surface area is 142 Å². The molecule has 2 aromatic heterocycles. The van der Waals surface area contributed by atoms with E-state index in [4.69, 9.17) is 0 Å². The second kappa shape index (κ2) is 8.44. The quantitative estimate of drug-likeness (QED) is 0.712. The standard InChI is InChI=1S/C17H25N5O2/c1-4-5-9-18-16(23)14-13-8-6-7-11-22(13)15(20-14)17(24)19-10-12-21(2)3/h6-8,11H,4-5,9-10,12H2,1-3H3,(H,18,23)(H,19,24). The molecule has 0 unspecified atom stereocenters. The van der Waals surface area contributed by atoms with Gasteiger partial charge in [0.1, 0.15) is 0 Å². The molecule has 0 fully saturated rings. The molecule has 7 nitrogen and oxygen atoms in total. The van der Waals surface area contributed by atoms with Crippen molar-refractivity contribution >= 4 is 17.3 Å². The number of nitrogens with zero attached hydrogens (tertiary/aromatic N) is 3. The van der Waals surface area contributed by atoms with E-state index in [1.165, 1.54) is 0 Å². The van der Waals surface area contributed by atoms with Gasteiger partial charge in [0.05, 0.1) is 5.52 Å². The monoisotopic (exact) mass is 331 g/mol. The van der Waals surface area contributed by atoms with Crippen LogP contribution in [0.4, 0.5) is 0 Å². The van der Waals surface area contributed by atoms with Gasteiger partial charge in [0.25, 0.3) is 11.8 Å². The maximum atomic E-state index is 12.4. The van der Waals surface area contributed by atoms with Gasteiger partial charge in [-0.15, -0.1) is 0 Å². The zero-order chi connectivity index (χ0) is 17.5. The summed E-state index contributed by atoms with van der Waals surface area (Å²) >= 11 is 0. The summed E-state index contributed by atoms with van der Waals surface area (Å²) in [4.78, 5) is 31.0. The second-order valence-corrected chi connectivity index (χ2v) is 5.91. The first-order chi connectivity index (χ1) is 11.5. The topological polar surface area (TPSA) is 78.7 Å². The summed E-state index contributed by atoms with van der Waals surface area (Å²) in [6.45, 7) is 3.92. The highest BCUT2D eigenvalue weighted by Gasteiger charge is 2.20. The molecular weight excluding hydrogens is 306 g/mol. The molecule has 24 heavy (non-hydrogen) atoms. The Balaban J connectivity index is 2.21. The van der Waals surface area contributed by atoms with Crippen molar-refractivity contribution < 1.29 is 9.59 Å². The molecule has 2 N–H and O–H groups in total. The van der Waals surface area contributed by atoms with E-state index in [1.807, 2.05) is 31.1 Å². The number of nitrogens with one attached hydrogen (secondary N) is 2. The van der Waals surface area contributed by atoms with Crippen LogP contribution < -0.4 is 10.6 Å². The van der Waals surface area contributed by atoms with E-state index in [1.54, 1.807) is 16.7 Å². The Morgan fingerprint density at radius 1 is 1.17 bits per heavy atom. The molecular formula is C17H25N5O2. The van der Waals surface area contributed by atoms with E-state index in [-0.39, 0.29) is 23.3 Å². The summed E-state index contributed by atoms with van der Waals surface area (Å²) in [5.74, 6) is -0.310. The Morgan fingerprint density at radius 3 is 2.62 bits per heavy atom. The van der Waals surface area contributed by atoms with Crippen LogP contribution >= 0.6 is 0 Å². The van der Waals surface area contributed by atoms with Gasteiger partial charge in [-0.05, 0) is 32.6 Å². The number of rotatable bonds is 8. The minimum Gasteiger partial charge on any atom is -0.351 e. The van der Waals surface area contributed by atoms with Crippen molar-refractivity contribution in [3.05, 3.63) is 35.9 Å². The van der Waals surface area contributed by atoms with E-state index in [2.05, 4.69) is 22.5 Å². The molecule has 0 spiro atoms. The minimum atomic E-state index is -0.286. The molecule has 0 aliphatic heterocycles. The lowest BCUT2D eigenvalue weighted by atomic mass is 10.3. The molecule has 7 heteroatoms. The smallest absolute Gasteiger partial charge is 0.287 e. The molecule has 2 amide bonds. The zero-order valence-corrected chi connectivity index (χ0v) is 14.5. The first-order valence-corrected chi connectivity index (χ1v) is 8.22. The summed E-state index contributed by atoms with van der Waals surface area (Å²) in [6, 6.07) is 5.43. The second-order valence-electron chi connectivity index (χ2n) is 5.91. The molecule has 0 bridgehead atoms. The summed E-state index contributed by atoms with van der Waals surface area (Å²) < 4.78 is 1.65. The van der Waals surface area contributed by atoms with E-state index in [0.717, 1.165) is 19.4 Å². The molecule has 2 heterocycles. The average molecular weight is 331 g/mol. The molecule has 2 aromatic rings. The number of hydrogen-bond acceptors (Lipinski definition) is 4. The number of fused-ring (bicyclic) bond motifs is 1. The number of unbranched alkanes of at least 4 members (excludes halogenated alkanes) is 1. The van der Waals surface area contributed by atoms with Gasteiger partial charge in [-0.2, -0.15) is 0 Å². The highest BCUT2D eigenvalue weighted by atomic mass is 16.2. The number of amides is 2. The molecule has 0 aliphatic rings. The third-order valence-electron chi connectivity index (χ3n) is 3.63. The number of carbonyl (C=O) groups is 2. The lowest BCUT2D eigenvalue weighted by Gasteiger charge is -2.09. The van der Waals surface area contributed by atoms with E-state index in [9.17, 15) is 9.59 Å². The third kappa shape index (κ3) is 4.32. The van der Waals surface area contributed by atoms with Crippen LogP contribution in [-0.4, -0.2) is 59.8 Å². The Hall–Kier alpha value is -2.41. The number of aromatic nitrogens is 2. The first-order valence-electron chi connectivity index (χ1n) is 8.22. The van der Waals surface area contributed by atoms with E-state index in [0.29, 0.717) is 18.6 Å². The fourth-order valence-electron chi connectivity index (χ4n) is 2.30. The van der Waals surface area contributed by atoms with Crippen LogP contribution in [0.1, 0.15) is 40.9 Å². The van der Waals surface area contributed by atoms with Crippen molar-refractivity contribution in [1.82, 2.24) is 24.9 Å². The summed E-state index contributed by atoms with van der Waals surface area (Å²) in [7, 11) is 3.88. The van der Waals surface area contributed by atoms with Crippen molar-refractivity contribution in [3.8, 4) is 0 Å². The maximum absolute atomic E-state index is 12.4. The summed E-state index contributed by atoms with van der Waals surface area (Å²) in [5.41, 5.74) is 0.911. The molecule has 0 saturated carbocycles. The van der Waals surface area contributed by atoms with Crippen molar-refractivity contribution in [2.45, 2.75) is 19.8 Å². The van der Waals surface area contributed by atoms with Gasteiger partial charge in [-0.25, -0.2) is 4.98 Å². The van der Waals surface area contributed by atoms with Crippen LogP contribution in [0.3, 0.4) is 0 Å². The minimum absolute atomic E-state index is 0.227. The SMILES string of the molecule is CCCCNC(=O)c1nc(C(=O)NCCN(C)C)n2ccccc12. The van der Waals surface area contributed by atoms with Gasteiger partial charge >= 0.3 is 0 Å². The largest absolute Gasteiger partial charge is 0.351 e. The Morgan fingerprint density at radius 2 is 1.92 bits per heavy atom. The first kappa shape index (κ1) is 17.9.